The molecule has 0 amide bonds. The molecule has 3 heteroatoms. The molecule has 2 nitrogen and oxygen atoms in total. The standard InChI is InChI=1S/C29H33O2.C5H5.Fe/c1-5-20(3)18-22-10-14-24(15-11-22)28(30)26-8-7-9-27(26)29(31)25-16-12-23(13-17-25)19-21(4)6-2;1-2-4-5-3-1;/h7-17,20-21H,5-6,18-19H2,1-4H3;1-5H;. The van der Waals surface area contributed by atoms with Crippen LogP contribution in [0.4, 0.5) is 0 Å². The first-order chi connectivity index (χ1) is 17.6. The zero-order chi connectivity index (χ0) is 25.0. The normalized spacial score (nSPS) is 64.6. The van der Waals surface area contributed by atoms with Crippen molar-refractivity contribution in [1.82, 2.24) is 0 Å². The predicted octanol–water partition coefficient (Wildman–Crippen LogP) is 9.06. The quantitative estimate of drug-likeness (QED) is 0.225. The third kappa shape index (κ3) is 0.465. The van der Waals surface area contributed by atoms with E-state index >= 15 is 0 Å². The molecule has 10 aliphatic heterocycles. The molecule has 12 rings (SSSR count). The zero-order valence-electron chi connectivity index (χ0n) is 22.4. The van der Waals surface area contributed by atoms with Crippen molar-refractivity contribution in [2.24, 2.45) is 11.8 Å². The second kappa shape index (κ2) is 2.86. The number of ketones is 2. The molecular formula is C34H38FeO2. The molecule has 37 heavy (non-hydrogen) atoms. The molecular weight excluding hydrogens is 496 g/mol. The summed E-state index contributed by atoms with van der Waals surface area (Å²) in [6.45, 7) is 4.89. The van der Waals surface area contributed by atoms with E-state index in [0.29, 0.717) is 23.4 Å². The number of fused-ring (bicyclic) bond motifs is 10. The number of hydrogen-bond donors (Lipinski definition) is 0. The van der Waals surface area contributed by atoms with Crippen LogP contribution in [-0.4, -0.2) is 11.6 Å². The van der Waals surface area contributed by atoms with E-state index in [0.717, 1.165) is 62.5 Å². The number of carbonyl (C=O) groups is 2. The zero-order valence-corrected chi connectivity index (χ0v) is 23.5. The van der Waals surface area contributed by atoms with Gasteiger partial charge in [0.05, 0.1) is 0 Å². The molecule has 2 aromatic rings. The summed E-state index contributed by atoms with van der Waals surface area (Å²) in [6, 6.07) is 17.5. The fourth-order valence-corrected chi connectivity index (χ4v) is 96.3. The van der Waals surface area contributed by atoms with Gasteiger partial charge in [0, 0.05) is 0 Å². The summed E-state index contributed by atoms with van der Waals surface area (Å²) in [7, 11) is 0. The van der Waals surface area contributed by atoms with E-state index in [9.17, 15) is 9.59 Å². The van der Waals surface area contributed by atoms with Crippen LogP contribution in [0.5, 0.6) is 0 Å². The Balaban J connectivity index is 0.995. The van der Waals surface area contributed by atoms with E-state index in [1.165, 1.54) is 24.0 Å². The average molecular weight is 535 g/mol. The Morgan fingerprint density at radius 3 is 1.27 bits per heavy atom. The van der Waals surface area contributed by atoms with Gasteiger partial charge in [-0.05, 0) is 0 Å². The topological polar surface area (TPSA) is 34.1 Å². The fourth-order valence-electron chi connectivity index (χ4n) is 20.9. The van der Waals surface area contributed by atoms with Crippen molar-refractivity contribution in [2.75, 3.05) is 0 Å². The van der Waals surface area contributed by atoms with E-state index in [2.05, 4.69) is 76.2 Å². The van der Waals surface area contributed by atoms with Gasteiger partial charge in [-0.25, -0.2) is 0 Å². The second-order valence-electron chi connectivity index (χ2n) is 17.2. The number of rotatable bonds is 10. The summed E-state index contributed by atoms with van der Waals surface area (Å²) in [5.74, 6) is 2.26. The maximum atomic E-state index is 14.8. The number of Topliss-reactive ketones (excluding diaryl/α,β-unsaturated/α-hetero) is 2. The van der Waals surface area contributed by atoms with Gasteiger partial charge in [0.15, 0.2) is 0 Å². The van der Waals surface area contributed by atoms with Gasteiger partial charge in [0.25, 0.3) is 0 Å². The van der Waals surface area contributed by atoms with Gasteiger partial charge in [-0.15, -0.1) is 0 Å². The van der Waals surface area contributed by atoms with Gasteiger partial charge in [-0.3, -0.25) is 0 Å². The Hall–Kier alpha value is -1.70. The molecule has 0 radical (unpaired) electrons. The molecule has 10 heterocycles. The van der Waals surface area contributed by atoms with Crippen molar-refractivity contribution in [3.63, 3.8) is 0 Å². The Morgan fingerprint density at radius 2 is 1.00 bits per heavy atom. The van der Waals surface area contributed by atoms with Crippen molar-refractivity contribution in [3.05, 3.63) is 70.8 Å². The molecule has 1 spiro atoms. The summed E-state index contributed by atoms with van der Waals surface area (Å²) in [6.07, 6.45) is 4.53. The minimum absolute atomic E-state index is 0.142. The van der Waals surface area contributed by atoms with Crippen molar-refractivity contribution >= 4 is 11.6 Å². The molecule has 6 unspecified atom stereocenters. The average Bonchev–Trinajstić information content (AvgIpc) is 3.87. The van der Waals surface area contributed by atoms with Crippen molar-refractivity contribution in [2.45, 2.75) is 101 Å². The van der Waals surface area contributed by atoms with Crippen molar-refractivity contribution < 1.29 is 16.1 Å². The Kier molecular flexibility index (Phi) is 1.50. The fraction of sp³-hybridized carbons (Fsp3) is 0.588. The summed E-state index contributed by atoms with van der Waals surface area (Å²) in [4.78, 5) is 36.7. The summed E-state index contributed by atoms with van der Waals surface area (Å²) in [5.41, 5.74) is 4.58. The maximum absolute atomic E-state index is 14.8. The molecule has 10 aliphatic rings. The number of benzene rings is 2. The first-order valence-electron chi connectivity index (χ1n) is 15.1. The van der Waals surface area contributed by atoms with Gasteiger partial charge in [-0.1, -0.05) is 0 Å². The molecule has 2 aromatic carbocycles. The molecule has 0 aliphatic carbocycles. The number of hydrogen-bond acceptors (Lipinski definition) is 2. The second-order valence-corrected chi connectivity index (χ2v) is 40.4. The monoisotopic (exact) mass is 534 g/mol. The molecule has 0 N–H and O–H groups in total. The van der Waals surface area contributed by atoms with Crippen molar-refractivity contribution in [3.8, 4) is 0 Å². The van der Waals surface area contributed by atoms with Crippen LogP contribution >= 0.6 is 0 Å². The third-order valence-corrected chi connectivity index (χ3v) is 63.2. The Bertz CT molecular complexity index is 1770. The van der Waals surface area contributed by atoms with Crippen LogP contribution in [0.15, 0.2) is 48.5 Å². The van der Waals surface area contributed by atoms with Gasteiger partial charge >= 0.3 is 211 Å². The van der Waals surface area contributed by atoms with Gasteiger partial charge in [0.1, 0.15) is 0 Å². The van der Waals surface area contributed by atoms with E-state index in [1.54, 1.807) is 0 Å². The predicted molar refractivity (Wildman–Crippen MR) is 143 cm³/mol. The first-order valence-corrected chi connectivity index (χ1v) is 21.3. The van der Waals surface area contributed by atoms with Crippen LogP contribution in [0.3, 0.4) is 0 Å². The molecule has 0 saturated carbocycles. The summed E-state index contributed by atoms with van der Waals surface area (Å²) >= 11 is 0. The third-order valence-electron chi connectivity index (χ3n) is 20.5. The van der Waals surface area contributed by atoms with Crippen molar-refractivity contribution in [1.29, 1.82) is 0 Å². The van der Waals surface area contributed by atoms with E-state index in [4.69, 9.17) is 0 Å². The van der Waals surface area contributed by atoms with Crippen LogP contribution in [0.25, 0.3) is 0 Å². The molecule has 6 atom stereocenters. The van der Waals surface area contributed by atoms with Gasteiger partial charge < -0.3 is 0 Å². The van der Waals surface area contributed by atoms with E-state index in [1.807, 2.05) is 0 Å². The summed E-state index contributed by atoms with van der Waals surface area (Å²) < 4.78 is -0.284. The Labute approximate surface area is 210 Å². The molecule has 0 aromatic heterocycles. The van der Waals surface area contributed by atoms with Gasteiger partial charge in [-0.2, -0.15) is 0 Å². The van der Waals surface area contributed by atoms with Crippen LogP contribution in [0, 0.1) is 11.8 Å². The molecule has 194 valence electrons. The van der Waals surface area contributed by atoms with Gasteiger partial charge in [0.2, 0.25) is 0 Å². The van der Waals surface area contributed by atoms with Crippen LogP contribution in [0.1, 0.15) is 72.4 Å². The number of carbonyl (C=O) groups excluding carboxylic acids is 2. The van der Waals surface area contributed by atoms with E-state index < -0.39 is 6.51 Å². The van der Waals surface area contributed by atoms with Crippen LogP contribution in [0.2, 0.25) is 47.2 Å². The van der Waals surface area contributed by atoms with E-state index in [-0.39, 0.29) is 8.63 Å². The molecule has 10 saturated heterocycles. The SMILES string of the molecule is CCC(C)Cc1ccc(C(=O)[C]23[CH]4[CH]5[CH]6[C]2(C(=O)c2ccc(CC(C)CC)cc2)[Fe]54632789[CH]3[CH]2[CH]7[CH]8[CH]39)cc1. The summed E-state index contributed by atoms with van der Waals surface area (Å²) in [5, 5.41) is 0. The molecule has 10 fully saturated rings. The Morgan fingerprint density at radius 1 is 0.649 bits per heavy atom. The molecule has 0 bridgehead atoms. The van der Waals surface area contributed by atoms with Crippen LogP contribution in [-0.2, 0) is 19.4 Å². The van der Waals surface area contributed by atoms with Crippen LogP contribution < -0.4 is 0 Å². The first kappa shape index (κ1) is 19.4. The minimum atomic E-state index is -4.22.